The zero-order valence-electron chi connectivity index (χ0n) is 22.3. The Labute approximate surface area is 231 Å². The maximum atomic E-state index is 14.7. The summed E-state index contributed by atoms with van der Waals surface area (Å²) in [5.74, 6) is -0.418. The number of rotatable bonds is 9. The van der Waals surface area contributed by atoms with E-state index >= 15 is 0 Å². The van der Waals surface area contributed by atoms with Crippen LogP contribution in [0.2, 0.25) is 5.02 Å². The number of aromatic nitrogens is 1. The number of nitrogens with one attached hydrogen (secondary N) is 4. The van der Waals surface area contributed by atoms with Crippen molar-refractivity contribution >= 4 is 46.8 Å². The molecule has 1 saturated carbocycles. The summed E-state index contributed by atoms with van der Waals surface area (Å²) in [7, 11) is 3.29. The average molecular weight is 562 g/mol. The van der Waals surface area contributed by atoms with Crippen molar-refractivity contribution in [3.63, 3.8) is 0 Å². The molecule has 38 heavy (non-hydrogen) atoms. The Hall–Kier alpha value is -3.21. The van der Waals surface area contributed by atoms with Crippen molar-refractivity contribution in [3.8, 4) is 11.5 Å². The number of aryl methyl sites for hydroxylation is 1. The molecule has 1 fully saturated rings. The van der Waals surface area contributed by atoms with Crippen LogP contribution in [0.5, 0.6) is 11.5 Å². The number of nitrogens with zero attached hydrogens (tertiary/aromatic N) is 1. The molecule has 0 saturated heterocycles. The summed E-state index contributed by atoms with van der Waals surface area (Å²) in [6.45, 7) is 7.36. The molecule has 8 nitrogen and oxygen atoms in total. The number of hydrogen-bond donors (Lipinski definition) is 4. The van der Waals surface area contributed by atoms with Crippen LogP contribution in [0.4, 0.5) is 21.6 Å². The van der Waals surface area contributed by atoms with Gasteiger partial charge in [-0.05, 0) is 63.6 Å². The van der Waals surface area contributed by atoms with Crippen LogP contribution in [0.15, 0.2) is 41.2 Å². The van der Waals surface area contributed by atoms with Gasteiger partial charge in [-0.25, -0.2) is 9.11 Å². The summed E-state index contributed by atoms with van der Waals surface area (Å²) < 4.78 is 28.1. The fourth-order valence-electron chi connectivity index (χ4n) is 3.64. The van der Waals surface area contributed by atoms with Crippen LogP contribution in [0.25, 0.3) is 0 Å². The number of halogens is 2. The molecule has 1 heterocycles. The van der Waals surface area contributed by atoms with Gasteiger partial charge >= 0.3 is 0 Å². The van der Waals surface area contributed by atoms with Gasteiger partial charge in [-0.3, -0.25) is 14.2 Å². The Morgan fingerprint density at radius 1 is 1.16 bits per heavy atom. The molecule has 3 aromatic rings. The highest BCUT2D eigenvalue weighted by molar-refractivity contribution is 7.98. The smallest absolute Gasteiger partial charge is 0.259 e. The van der Waals surface area contributed by atoms with E-state index in [0.717, 1.165) is 18.4 Å². The first kappa shape index (κ1) is 29.3. The molecule has 1 aromatic heterocycles. The standard InChI is InChI=1S/C25H27ClFN5O3S.C2H6/c1-13-5-8-20(19(27)9-13)30-23-21(24(33)29-16-6-7-16)22(14(2)25(34)32(23)4)35-18-11-15(26)10-17(12-18)31-36-28-3;1-2/h5,8-12,16,28,30-31H,6-7H2,1-4H3,(H,29,33);1-2H3. The van der Waals surface area contributed by atoms with Gasteiger partial charge < -0.3 is 20.1 Å². The lowest BCUT2D eigenvalue weighted by atomic mass is 10.1. The first-order chi connectivity index (χ1) is 18.2. The maximum absolute atomic E-state index is 14.7. The lowest BCUT2D eigenvalue weighted by molar-refractivity contribution is 0.0948. The Bertz CT molecular complexity index is 1380. The third-order valence-electron chi connectivity index (χ3n) is 5.64. The second-order valence-electron chi connectivity index (χ2n) is 8.58. The third-order valence-corrected chi connectivity index (χ3v) is 6.40. The number of carbonyl (C=O) groups is 1. The van der Waals surface area contributed by atoms with E-state index in [1.165, 1.54) is 29.8 Å². The molecular formula is C27H33ClFN5O3S. The highest BCUT2D eigenvalue weighted by atomic mass is 35.5. The first-order valence-corrected chi connectivity index (χ1v) is 13.5. The van der Waals surface area contributed by atoms with Gasteiger partial charge in [-0.2, -0.15) is 0 Å². The Balaban J connectivity index is 0.00000195. The molecule has 1 amide bonds. The molecule has 1 aliphatic rings. The fraction of sp³-hybridized carbons (Fsp3) is 0.333. The molecule has 2 aromatic carbocycles. The van der Waals surface area contributed by atoms with E-state index in [0.29, 0.717) is 16.5 Å². The molecule has 0 radical (unpaired) electrons. The molecule has 4 N–H and O–H groups in total. The fourth-order valence-corrected chi connectivity index (χ4v) is 4.20. The van der Waals surface area contributed by atoms with Gasteiger partial charge in [-0.1, -0.05) is 31.5 Å². The molecule has 0 spiro atoms. The molecule has 11 heteroatoms. The number of carbonyl (C=O) groups excluding carboxylic acids is 1. The van der Waals surface area contributed by atoms with Crippen LogP contribution >= 0.6 is 23.7 Å². The minimum Gasteiger partial charge on any atom is -0.456 e. The van der Waals surface area contributed by atoms with E-state index in [1.54, 1.807) is 51.2 Å². The molecule has 4 rings (SSSR count). The maximum Gasteiger partial charge on any atom is 0.259 e. The summed E-state index contributed by atoms with van der Waals surface area (Å²) in [4.78, 5) is 26.6. The number of anilines is 3. The van der Waals surface area contributed by atoms with Crippen molar-refractivity contribution in [2.24, 2.45) is 7.05 Å². The largest absolute Gasteiger partial charge is 0.456 e. The molecule has 0 aliphatic heterocycles. The van der Waals surface area contributed by atoms with Gasteiger partial charge in [0.2, 0.25) is 0 Å². The number of amides is 1. The predicted molar refractivity (Wildman–Crippen MR) is 154 cm³/mol. The molecule has 0 bridgehead atoms. The molecule has 1 aliphatic carbocycles. The normalized spacial score (nSPS) is 12.3. The predicted octanol–water partition coefficient (Wildman–Crippen LogP) is 6.44. The van der Waals surface area contributed by atoms with E-state index in [9.17, 15) is 14.0 Å². The summed E-state index contributed by atoms with van der Waals surface area (Å²) in [6.07, 6.45) is 1.74. The van der Waals surface area contributed by atoms with E-state index in [4.69, 9.17) is 16.3 Å². The number of hydrogen-bond acceptors (Lipinski definition) is 7. The van der Waals surface area contributed by atoms with Crippen molar-refractivity contribution in [1.29, 1.82) is 0 Å². The summed E-state index contributed by atoms with van der Waals surface area (Å²) in [5.41, 5.74) is 1.46. The van der Waals surface area contributed by atoms with E-state index in [-0.39, 0.29) is 34.4 Å². The Kier molecular flexibility index (Phi) is 10.1. The van der Waals surface area contributed by atoms with Crippen molar-refractivity contribution in [2.75, 3.05) is 17.1 Å². The van der Waals surface area contributed by atoms with Crippen LogP contribution in [0.1, 0.15) is 48.2 Å². The lowest BCUT2D eigenvalue weighted by Crippen LogP contribution is -2.31. The van der Waals surface area contributed by atoms with Crippen molar-refractivity contribution in [3.05, 3.63) is 74.3 Å². The van der Waals surface area contributed by atoms with Crippen LogP contribution in [0.3, 0.4) is 0 Å². The zero-order chi connectivity index (χ0) is 28.0. The summed E-state index contributed by atoms with van der Waals surface area (Å²) in [5, 5.41) is 6.31. The molecular weight excluding hydrogens is 529 g/mol. The second kappa shape index (κ2) is 13.0. The first-order valence-electron chi connectivity index (χ1n) is 12.3. The van der Waals surface area contributed by atoms with E-state index in [1.807, 2.05) is 13.8 Å². The summed E-state index contributed by atoms with van der Waals surface area (Å²) >= 11 is 7.53. The van der Waals surface area contributed by atoms with Crippen LogP contribution in [-0.2, 0) is 7.05 Å². The van der Waals surface area contributed by atoms with Gasteiger partial charge in [0.1, 0.15) is 22.9 Å². The molecule has 0 unspecified atom stereocenters. The minimum atomic E-state index is -0.508. The van der Waals surface area contributed by atoms with Gasteiger partial charge in [0, 0.05) is 36.3 Å². The van der Waals surface area contributed by atoms with Crippen molar-refractivity contribution < 1.29 is 13.9 Å². The third kappa shape index (κ3) is 7.00. The SMILES string of the molecule is CC.CNSNc1cc(Cl)cc(Oc2c(C(=O)NC3CC3)c(Nc3ccc(C)cc3F)n(C)c(=O)c2C)c1. The quantitative estimate of drug-likeness (QED) is 0.223. The number of pyridine rings is 1. The Morgan fingerprint density at radius 3 is 2.50 bits per heavy atom. The molecule has 0 atom stereocenters. The minimum absolute atomic E-state index is 0.0485. The van der Waals surface area contributed by atoms with Gasteiger partial charge in [0.25, 0.3) is 11.5 Å². The van der Waals surface area contributed by atoms with Gasteiger partial charge in [-0.15, -0.1) is 0 Å². The average Bonchev–Trinajstić information content (AvgIpc) is 3.70. The number of ether oxygens (including phenoxy) is 1. The monoisotopic (exact) mass is 561 g/mol. The van der Waals surface area contributed by atoms with Crippen molar-refractivity contribution in [1.82, 2.24) is 14.6 Å². The number of benzene rings is 2. The van der Waals surface area contributed by atoms with E-state index < -0.39 is 17.3 Å². The van der Waals surface area contributed by atoms with Crippen molar-refractivity contribution in [2.45, 2.75) is 46.6 Å². The van der Waals surface area contributed by atoms with Crippen LogP contribution in [0, 0.1) is 19.7 Å². The van der Waals surface area contributed by atoms with Gasteiger partial charge in [0.15, 0.2) is 5.75 Å². The highest BCUT2D eigenvalue weighted by Gasteiger charge is 2.30. The highest BCUT2D eigenvalue weighted by Crippen LogP contribution is 2.36. The van der Waals surface area contributed by atoms with E-state index in [2.05, 4.69) is 20.1 Å². The molecule has 204 valence electrons. The lowest BCUT2D eigenvalue weighted by Gasteiger charge is -2.21. The Morgan fingerprint density at radius 2 is 1.87 bits per heavy atom. The zero-order valence-corrected chi connectivity index (χ0v) is 23.9. The van der Waals surface area contributed by atoms with Crippen LogP contribution < -0.4 is 30.4 Å². The van der Waals surface area contributed by atoms with Crippen LogP contribution in [-0.4, -0.2) is 23.6 Å². The topological polar surface area (TPSA) is 96.4 Å². The summed E-state index contributed by atoms with van der Waals surface area (Å²) in [6, 6.07) is 9.72. The van der Waals surface area contributed by atoms with Gasteiger partial charge in [0.05, 0.1) is 16.9 Å². The second-order valence-corrected chi connectivity index (χ2v) is 9.84.